The first kappa shape index (κ1) is 18.2. The van der Waals surface area contributed by atoms with Crippen molar-refractivity contribution in [2.75, 3.05) is 0 Å². The van der Waals surface area contributed by atoms with Gasteiger partial charge in [0.25, 0.3) is 5.69 Å². The summed E-state index contributed by atoms with van der Waals surface area (Å²) in [7, 11) is 0. The Labute approximate surface area is 164 Å². The zero-order chi connectivity index (χ0) is 19.7. The molecule has 0 N–H and O–H groups in total. The van der Waals surface area contributed by atoms with Gasteiger partial charge in [-0.25, -0.2) is 4.98 Å². The highest BCUT2D eigenvalue weighted by Gasteiger charge is 2.20. The largest absolute Gasteiger partial charge is 0.419 e. The number of aromatic nitrogens is 4. The van der Waals surface area contributed by atoms with Crippen LogP contribution in [0.1, 0.15) is 25.0 Å². The standard InChI is InChI=1S/C19H17N5O3S/c1-3-23-16-7-5-4-6-15(16)20-19(23)28-12(2)17-21-22-18(27-17)13-8-10-14(11-9-13)24(25)26/h4-12H,3H2,1-2H3/t12-/m1/s1. The van der Waals surface area contributed by atoms with Crippen LogP contribution < -0.4 is 0 Å². The van der Waals surface area contributed by atoms with E-state index in [9.17, 15) is 10.1 Å². The first-order valence-corrected chi connectivity index (χ1v) is 9.65. The fraction of sp³-hybridized carbons (Fsp3) is 0.211. The van der Waals surface area contributed by atoms with Gasteiger partial charge in [-0.15, -0.1) is 10.2 Å². The number of non-ortho nitro benzene ring substituents is 1. The lowest BCUT2D eigenvalue weighted by molar-refractivity contribution is -0.384. The van der Waals surface area contributed by atoms with Crippen molar-refractivity contribution in [3.8, 4) is 11.5 Å². The smallest absolute Gasteiger partial charge is 0.269 e. The van der Waals surface area contributed by atoms with Gasteiger partial charge in [-0.3, -0.25) is 10.1 Å². The molecule has 2 aromatic carbocycles. The van der Waals surface area contributed by atoms with Crippen LogP contribution in [0.25, 0.3) is 22.5 Å². The van der Waals surface area contributed by atoms with Gasteiger partial charge in [0.05, 0.1) is 21.2 Å². The molecule has 0 bridgehead atoms. The van der Waals surface area contributed by atoms with E-state index in [0.717, 1.165) is 22.7 Å². The molecule has 9 heteroatoms. The van der Waals surface area contributed by atoms with Gasteiger partial charge >= 0.3 is 0 Å². The van der Waals surface area contributed by atoms with E-state index in [1.807, 2.05) is 25.1 Å². The fourth-order valence-electron chi connectivity index (χ4n) is 2.90. The maximum absolute atomic E-state index is 10.8. The van der Waals surface area contributed by atoms with Crippen molar-refractivity contribution in [1.82, 2.24) is 19.7 Å². The third-order valence-electron chi connectivity index (χ3n) is 4.33. The molecule has 0 spiro atoms. The molecule has 0 radical (unpaired) electrons. The van der Waals surface area contributed by atoms with Crippen molar-refractivity contribution in [1.29, 1.82) is 0 Å². The second-order valence-electron chi connectivity index (χ2n) is 6.14. The lowest BCUT2D eigenvalue weighted by Crippen LogP contribution is -1.98. The van der Waals surface area contributed by atoms with Crippen molar-refractivity contribution < 1.29 is 9.34 Å². The predicted octanol–water partition coefficient (Wildman–Crippen LogP) is 4.87. The lowest BCUT2D eigenvalue weighted by Gasteiger charge is -2.08. The lowest BCUT2D eigenvalue weighted by atomic mass is 10.2. The molecule has 8 nitrogen and oxygen atoms in total. The average Bonchev–Trinajstić information content (AvgIpc) is 3.32. The van der Waals surface area contributed by atoms with Gasteiger partial charge in [0.2, 0.25) is 11.8 Å². The number of nitro benzene ring substituents is 1. The summed E-state index contributed by atoms with van der Waals surface area (Å²) < 4.78 is 7.96. The summed E-state index contributed by atoms with van der Waals surface area (Å²) in [6.07, 6.45) is 0. The Morgan fingerprint density at radius 1 is 1.18 bits per heavy atom. The molecule has 4 rings (SSSR count). The number of hydrogen-bond donors (Lipinski definition) is 0. The summed E-state index contributed by atoms with van der Waals surface area (Å²) >= 11 is 1.55. The highest BCUT2D eigenvalue weighted by atomic mass is 32.2. The number of benzene rings is 2. The van der Waals surface area contributed by atoms with Crippen LogP contribution in [0.4, 0.5) is 5.69 Å². The molecule has 142 valence electrons. The number of fused-ring (bicyclic) bond motifs is 1. The summed E-state index contributed by atoms with van der Waals surface area (Å²) in [5.74, 6) is 0.814. The molecule has 0 amide bonds. The van der Waals surface area contributed by atoms with Gasteiger partial charge in [-0.2, -0.15) is 0 Å². The third kappa shape index (κ3) is 3.36. The summed E-state index contributed by atoms with van der Waals surface area (Å²) in [6.45, 7) is 4.88. The summed E-state index contributed by atoms with van der Waals surface area (Å²) in [6, 6.07) is 14.1. The number of imidazole rings is 1. The van der Waals surface area contributed by atoms with Crippen molar-refractivity contribution in [2.24, 2.45) is 0 Å². The average molecular weight is 395 g/mol. The fourth-order valence-corrected chi connectivity index (χ4v) is 3.92. The molecular formula is C19H17N5O3S. The second-order valence-corrected chi connectivity index (χ2v) is 7.44. The number of nitro groups is 1. The molecule has 0 aliphatic rings. The van der Waals surface area contributed by atoms with Crippen LogP contribution in [0.2, 0.25) is 0 Å². The van der Waals surface area contributed by atoms with Gasteiger partial charge in [-0.1, -0.05) is 23.9 Å². The van der Waals surface area contributed by atoms with E-state index in [-0.39, 0.29) is 10.9 Å². The minimum atomic E-state index is -0.443. The van der Waals surface area contributed by atoms with Crippen LogP contribution in [0.5, 0.6) is 0 Å². The highest BCUT2D eigenvalue weighted by molar-refractivity contribution is 7.99. The van der Waals surface area contributed by atoms with E-state index in [1.165, 1.54) is 12.1 Å². The van der Waals surface area contributed by atoms with Crippen LogP contribution >= 0.6 is 11.8 Å². The molecule has 2 aromatic heterocycles. The predicted molar refractivity (Wildman–Crippen MR) is 106 cm³/mol. The van der Waals surface area contributed by atoms with Crippen molar-refractivity contribution >= 4 is 28.5 Å². The zero-order valence-electron chi connectivity index (χ0n) is 15.3. The molecule has 0 saturated heterocycles. The Morgan fingerprint density at radius 3 is 2.64 bits per heavy atom. The molecule has 1 atom stereocenters. The normalized spacial score (nSPS) is 12.4. The van der Waals surface area contributed by atoms with E-state index in [1.54, 1.807) is 23.9 Å². The second kappa shape index (κ2) is 7.43. The van der Waals surface area contributed by atoms with Gasteiger partial charge in [0.1, 0.15) is 0 Å². The van der Waals surface area contributed by atoms with E-state index >= 15 is 0 Å². The molecule has 0 aliphatic carbocycles. The molecule has 0 unspecified atom stereocenters. The first-order chi connectivity index (χ1) is 13.6. The minimum Gasteiger partial charge on any atom is -0.419 e. The van der Waals surface area contributed by atoms with Crippen LogP contribution in [-0.2, 0) is 6.54 Å². The first-order valence-electron chi connectivity index (χ1n) is 8.77. The summed E-state index contributed by atoms with van der Waals surface area (Å²) in [5.41, 5.74) is 2.71. The number of aryl methyl sites for hydroxylation is 1. The van der Waals surface area contributed by atoms with Crippen LogP contribution in [0.3, 0.4) is 0 Å². The monoisotopic (exact) mass is 395 g/mol. The number of para-hydroxylation sites is 2. The molecule has 28 heavy (non-hydrogen) atoms. The van der Waals surface area contributed by atoms with E-state index in [4.69, 9.17) is 9.40 Å². The maximum atomic E-state index is 10.8. The molecule has 4 aromatic rings. The Bertz CT molecular complexity index is 1140. The summed E-state index contributed by atoms with van der Waals surface area (Å²) in [4.78, 5) is 15.0. The van der Waals surface area contributed by atoms with Gasteiger partial charge in [0, 0.05) is 24.2 Å². The minimum absolute atomic E-state index is 0.0193. The van der Waals surface area contributed by atoms with Crippen LogP contribution in [0, 0.1) is 10.1 Å². The van der Waals surface area contributed by atoms with E-state index < -0.39 is 4.92 Å². The molecule has 0 aliphatic heterocycles. The topological polar surface area (TPSA) is 99.9 Å². The Kier molecular flexibility index (Phi) is 4.82. The molecule has 0 fully saturated rings. The summed E-state index contributed by atoms with van der Waals surface area (Å²) in [5, 5.41) is 19.8. The highest BCUT2D eigenvalue weighted by Crippen LogP contribution is 2.36. The number of hydrogen-bond acceptors (Lipinski definition) is 7. The van der Waals surface area contributed by atoms with Crippen LogP contribution in [0.15, 0.2) is 58.1 Å². The molecule has 0 saturated carbocycles. The van der Waals surface area contributed by atoms with Crippen molar-refractivity contribution in [3.63, 3.8) is 0 Å². The number of rotatable bonds is 6. The number of nitrogens with zero attached hydrogens (tertiary/aromatic N) is 5. The maximum Gasteiger partial charge on any atom is 0.269 e. The molecular weight excluding hydrogens is 378 g/mol. The van der Waals surface area contributed by atoms with Gasteiger partial charge < -0.3 is 8.98 Å². The molecule has 2 heterocycles. The Balaban J connectivity index is 1.56. The zero-order valence-corrected chi connectivity index (χ0v) is 16.1. The Morgan fingerprint density at radius 2 is 1.93 bits per heavy atom. The van der Waals surface area contributed by atoms with Gasteiger partial charge in [0.15, 0.2) is 5.16 Å². The Hall–Kier alpha value is -3.20. The van der Waals surface area contributed by atoms with Crippen LogP contribution in [-0.4, -0.2) is 24.7 Å². The van der Waals surface area contributed by atoms with Crippen molar-refractivity contribution in [3.05, 3.63) is 64.5 Å². The number of thioether (sulfide) groups is 1. The van der Waals surface area contributed by atoms with Crippen molar-refractivity contribution in [2.45, 2.75) is 30.8 Å². The third-order valence-corrected chi connectivity index (χ3v) is 5.41. The quantitative estimate of drug-likeness (QED) is 0.261. The van der Waals surface area contributed by atoms with E-state index in [2.05, 4.69) is 27.8 Å². The SMILES string of the molecule is CCn1c(S[C@H](C)c2nnc(-c3ccc([N+](=O)[O-])cc3)o2)nc2ccccc21. The van der Waals surface area contributed by atoms with Gasteiger partial charge in [-0.05, 0) is 38.1 Å². The van der Waals surface area contributed by atoms with E-state index in [0.29, 0.717) is 17.3 Å².